The summed E-state index contributed by atoms with van der Waals surface area (Å²) in [4.78, 5) is 34.7. The second kappa shape index (κ2) is 6.97. The second-order valence-corrected chi connectivity index (χ2v) is 7.91. The molecule has 2 aromatic heterocycles. The van der Waals surface area contributed by atoms with Crippen molar-refractivity contribution in [3.05, 3.63) is 41.2 Å². The molecule has 1 amide bonds. The van der Waals surface area contributed by atoms with Crippen LogP contribution in [0.2, 0.25) is 0 Å². The molecule has 142 valence electrons. The van der Waals surface area contributed by atoms with Crippen LogP contribution in [0, 0.1) is 11.8 Å². The highest BCUT2D eigenvalue weighted by atomic mass is 32.2. The van der Waals surface area contributed by atoms with Gasteiger partial charge in [0.05, 0.1) is 29.9 Å². The van der Waals surface area contributed by atoms with Gasteiger partial charge in [0.15, 0.2) is 0 Å². The van der Waals surface area contributed by atoms with E-state index in [1.54, 1.807) is 18.6 Å². The highest BCUT2D eigenvalue weighted by Crippen LogP contribution is 2.50. The lowest BCUT2D eigenvalue weighted by Crippen LogP contribution is -2.60. The van der Waals surface area contributed by atoms with Crippen molar-refractivity contribution in [3.8, 4) is 0 Å². The number of β-lactam (4-membered cyclic amide) rings is 1. The maximum absolute atomic E-state index is 12.3. The molecule has 0 aromatic carbocycles. The molecule has 2 aliphatic heterocycles. The molecule has 4 heterocycles. The number of carboxylic acids is 1. The summed E-state index contributed by atoms with van der Waals surface area (Å²) in [5.74, 6) is -0.0453. The Balaban J connectivity index is 1.50. The summed E-state index contributed by atoms with van der Waals surface area (Å²) >= 11 is 1.48. The molecule has 0 radical (unpaired) electrons. The van der Waals surface area contributed by atoms with Crippen LogP contribution < -0.4 is 0 Å². The van der Waals surface area contributed by atoms with Gasteiger partial charge in [-0.15, -0.1) is 11.8 Å². The first kappa shape index (κ1) is 18.0. The Kier molecular flexibility index (Phi) is 4.65. The van der Waals surface area contributed by atoms with Crippen LogP contribution in [0.25, 0.3) is 5.52 Å². The van der Waals surface area contributed by atoms with Gasteiger partial charge in [-0.05, 0) is 6.42 Å². The second-order valence-electron chi connectivity index (χ2n) is 6.77. The van der Waals surface area contributed by atoms with E-state index in [0.29, 0.717) is 18.6 Å². The summed E-state index contributed by atoms with van der Waals surface area (Å²) < 4.78 is 1.96. The molecule has 0 saturated carbocycles. The molecule has 27 heavy (non-hydrogen) atoms. The standard InChI is InChI=1S/C18H20N4O4S/c1-10-14-12(2-6-23)17(24)22(14)15(18(25)26)16(10)27-7-3-13-20-9-11-8-19-4-5-21(11)13/h4-5,8-10,12,14,23H,2-3,6-7H2,1H3,(H,25,26)/t10-,12+,14-/m1/s1. The van der Waals surface area contributed by atoms with Gasteiger partial charge in [0, 0.05) is 42.0 Å². The quantitative estimate of drug-likeness (QED) is 0.685. The van der Waals surface area contributed by atoms with Crippen molar-refractivity contribution in [1.29, 1.82) is 0 Å². The minimum absolute atomic E-state index is 0.0448. The van der Waals surface area contributed by atoms with Crippen molar-refractivity contribution in [1.82, 2.24) is 19.3 Å². The Morgan fingerprint density at radius 2 is 2.19 bits per heavy atom. The number of carboxylic acid groups (broad SMARTS) is 1. The Hall–Kier alpha value is -2.39. The minimum Gasteiger partial charge on any atom is -0.477 e. The first-order valence-electron chi connectivity index (χ1n) is 8.84. The number of rotatable bonds is 7. The molecule has 0 aliphatic carbocycles. The smallest absolute Gasteiger partial charge is 0.353 e. The molecule has 3 atom stereocenters. The summed E-state index contributed by atoms with van der Waals surface area (Å²) in [5.41, 5.74) is 1.02. The van der Waals surface area contributed by atoms with Crippen molar-refractivity contribution in [2.75, 3.05) is 12.4 Å². The number of aliphatic carboxylic acids is 1. The van der Waals surface area contributed by atoms with Crippen LogP contribution >= 0.6 is 11.8 Å². The number of aryl methyl sites for hydroxylation is 1. The normalized spacial score (nSPS) is 24.4. The molecule has 1 saturated heterocycles. The minimum atomic E-state index is -1.07. The number of nitrogens with zero attached hydrogens (tertiary/aromatic N) is 4. The molecule has 2 aliphatic rings. The highest BCUT2D eigenvalue weighted by molar-refractivity contribution is 8.03. The van der Waals surface area contributed by atoms with E-state index in [1.165, 1.54) is 16.7 Å². The van der Waals surface area contributed by atoms with Crippen LogP contribution in [-0.4, -0.2) is 59.8 Å². The summed E-state index contributed by atoms with van der Waals surface area (Å²) in [6, 6.07) is -0.156. The van der Waals surface area contributed by atoms with Crippen LogP contribution in [0.4, 0.5) is 0 Å². The van der Waals surface area contributed by atoms with Crippen LogP contribution in [0.5, 0.6) is 0 Å². The van der Waals surface area contributed by atoms with Gasteiger partial charge in [0.2, 0.25) is 5.91 Å². The average molecular weight is 388 g/mol. The van der Waals surface area contributed by atoms with E-state index in [-0.39, 0.29) is 36.1 Å². The Morgan fingerprint density at radius 1 is 1.37 bits per heavy atom. The zero-order chi connectivity index (χ0) is 19.1. The number of amides is 1. The lowest BCUT2D eigenvalue weighted by Gasteiger charge is -2.45. The lowest BCUT2D eigenvalue weighted by molar-refractivity contribution is -0.157. The van der Waals surface area contributed by atoms with E-state index in [2.05, 4.69) is 9.97 Å². The zero-order valence-corrected chi connectivity index (χ0v) is 15.6. The monoisotopic (exact) mass is 388 g/mol. The number of aromatic nitrogens is 3. The summed E-state index contributed by atoms with van der Waals surface area (Å²) in [6.45, 7) is 1.89. The molecule has 9 heteroatoms. The van der Waals surface area contributed by atoms with Gasteiger partial charge in [0.1, 0.15) is 11.5 Å². The summed E-state index contributed by atoms with van der Waals surface area (Å²) in [6.07, 6.45) is 8.11. The van der Waals surface area contributed by atoms with Crippen LogP contribution in [0.1, 0.15) is 19.2 Å². The largest absolute Gasteiger partial charge is 0.477 e. The number of thioether (sulfide) groups is 1. The number of fused-ring (bicyclic) bond motifs is 2. The predicted octanol–water partition coefficient (Wildman–Crippen LogP) is 1.16. The fourth-order valence-electron chi connectivity index (χ4n) is 4.08. The molecular formula is C18H20N4O4S. The third kappa shape index (κ3) is 2.81. The Bertz CT molecular complexity index is 940. The van der Waals surface area contributed by atoms with Gasteiger partial charge in [-0.2, -0.15) is 0 Å². The van der Waals surface area contributed by atoms with E-state index >= 15 is 0 Å². The number of hydrogen-bond donors (Lipinski definition) is 2. The molecule has 0 bridgehead atoms. The SMILES string of the molecule is C[C@H]1C(SCCc2ncc3cnccn23)=C(C(=O)O)N2C(=O)[C@@H](CCO)[C@@H]12. The third-order valence-electron chi connectivity index (χ3n) is 5.30. The van der Waals surface area contributed by atoms with Crippen molar-refractivity contribution in [2.24, 2.45) is 11.8 Å². The lowest BCUT2D eigenvalue weighted by atomic mass is 9.80. The van der Waals surface area contributed by atoms with E-state index in [9.17, 15) is 19.8 Å². The van der Waals surface area contributed by atoms with Crippen LogP contribution in [0.15, 0.2) is 35.4 Å². The van der Waals surface area contributed by atoms with Gasteiger partial charge < -0.3 is 19.5 Å². The predicted molar refractivity (Wildman–Crippen MR) is 98.8 cm³/mol. The third-order valence-corrected chi connectivity index (χ3v) is 6.59. The molecule has 8 nitrogen and oxygen atoms in total. The van der Waals surface area contributed by atoms with Crippen LogP contribution in [0.3, 0.4) is 0 Å². The fourth-order valence-corrected chi connectivity index (χ4v) is 5.30. The number of aliphatic hydroxyl groups excluding tert-OH is 1. The van der Waals surface area contributed by atoms with Gasteiger partial charge >= 0.3 is 5.97 Å². The maximum atomic E-state index is 12.3. The van der Waals surface area contributed by atoms with E-state index in [0.717, 1.165) is 16.2 Å². The number of carbonyl (C=O) groups excluding carboxylic acids is 1. The summed E-state index contributed by atoms with van der Waals surface area (Å²) in [7, 11) is 0. The van der Waals surface area contributed by atoms with Crippen molar-refractivity contribution < 1.29 is 19.8 Å². The summed E-state index contributed by atoms with van der Waals surface area (Å²) in [5, 5.41) is 18.8. The molecule has 4 rings (SSSR count). The average Bonchev–Trinajstić information content (AvgIpc) is 3.18. The van der Waals surface area contributed by atoms with Crippen molar-refractivity contribution >= 4 is 29.2 Å². The number of imidazole rings is 1. The molecule has 2 aromatic rings. The fraction of sp³-hybridized carbons (Fsp3) is 0.444. The number of carbonyl (C=O) groups is 2. The highest BCUT2D eigenvalue weighted by Gasteiger charge is 2.57. The van der Waals surface area contributed by atoms with Crippen LogP contribution in [-0.2, 0) is 16.0 Å². The zero-order valence-electron chi connectivity index (χ0n) is 14.8. The maximum Gasteiger partial charge on any atom is 0.353 e. The van der Waals surface area contributed by atoms with Gasteiger partial charge in [-0.25, -0.2) is 9.78 Å². The molecule has 0 unspecified atom stereocenters. The van der Waals surface area contributed by atoms with E-state index in [4.69, 9.17) is 0 Å². The molecule has 1 fully saturated rings. The van der Waals surface area contributed by atoms with Gasteiger partial charge in [-0.3, -0.25) is 9.78 Å². The van der Waals surface area contributed by atoms with E-state index in [1.807, 2.05) is 17.5 Å². The first-order valence-corrected chi connectivity index (χ1v) is 9.83. The number of aliphatic hydroxyl groups is 1. The molecule has 0 spiro atoms. The Labute approximate surface area is 159 Å². The molecular weight excluding hydrogens is 368 g/mol. The van der Waals surface area contributed by atoms with Gasteiger partial charge in [0.25, 0.3) is 0 Å². The Morgan fingerprint density at radius 3 is 2.93 bits per heavy atom. The van der Waals surface area contributed by atoms with Gasteiger partial charge in [-0.1, -0.05) is 6.92 Å². The van der Waals surface area contributed by atoms with Crippen molar-refractivity contribution in [3.63, 3.8) is 0 Å². The topological polar surface area (TPSA) is 108 Å². The molecule has 2 N–H and O–H groups in total. The first-order chi connectivity index (χ1) is 13.0. The number of hydrogen-bond acceptors (Lipinski definition) is 6. The van der Waals surface area contributed by atoms with E-state index < -0.39 is 5.97 Å². The van der Waals surface area contributed by atoms with Crippen molar-refractivity contribution in [2.45, 2.75) is 25.8 Å².